The molecule has 0 aliphatic carbocycles. The topological polar surface area (TPSA) is 84.2 Å². The predicted molar refractivity (Wildman–Crippen MR) is 89.4 cm³/mol. The summed E-state index contributed by atoms with van der Waals surface area (Å²) in [6, 6.07) is 7.38. The molecule has 1 saturated heterocycles. The van der Waals surface area contributed by atoms with Crippen LogP contribution in [0.5, 0.6) is 0 Å². The third-order valence-corrected chi connectivity index (χ3v) is 4.02. The number of anilines is 1. The van der Waals surface area contributed by atoms with Gasteiger partial charge in [-0.3, -0.25) is 4.79 Å². The maximum absolute atomic E-state index is 12.0. The van der Waals surface area contributed by atoms with Gasteiger partial charge in [-0.25, -0.2) is 9.97 Å². The number of aromatic amines is 1. The van der Waals surface area contributed by atoms with E-state index in [1.807, 2.05) is 25.1 Å². The lowest BCUT2D eigenvalue weighted by molar-refractivity contribution is 0.122. The minimum Gasteiger partial charge on any atom is -0.440 e. The zero-order valence-corrected chi connectivity index (χ0v) is 13.4. The molecular weight excluding hydrogens is 308 g/mol. The third kappa shape index (κ3) is 3.03. The Morgan fingerprint density at radius 3 is 2.88 bits per heavy atom. The molecule has 3 heterocycles. The summed E-state index contributed by atoms with van der Waals surface area (Å²) in [5.74, 6) is 1.76. The van der Waals surface area contributed by atoms with Crippen LogP contribution in [0.3, 0.4) is 0 Å². The number of aryl methyl sites for hydroxylation is 1. The molecule has 0 amide bonds. The summed E-state index contributed by atoms with van der Waals surface area (Å²) >= 11 is 0. The van der Waals surface area contributed by atoms with E-state index in [1.165, 1.54) is 6.07 Å². The Morgan fingerprint density at radius 1 is 1.21 bits per heavy atom. The van der Waals surface area contributed by atoms with Gasteiger partial charge in [0, 0.05) is 19.2 Å². The lowest BCUT2D eigenvalue weighted by Crippen LogP contribution is -2.37. The van der Waals surface area contributed by atoms with Crippen molar-refractivity contribution in [2.24, 2.45) is 0 Å². The Labute approximate surface area is 138 Å². The molecule has 124 valence electrons. The van der Waals surface area contributed by atoms with E-state index in [-0.39, 0.29) is 5.56 Å². The minimum atomic E-state index is -0.173. The van der Waals surface area contributed by atoms with Crippen molar-refractivity contribution in [2.45, 2.75) is 13.3 Å². The van der Waals surface area contributed by atoms with E-state index in [9.17, 15) is 4.79 Å². The van der Waals surface area contributed by atoms with Gasteiger partial charge in [0.25, 0.3) is 5.56 Å². The number of morpholine rings is 1. The summed E-state index contributed by atoms with van der Waals surface area (Å²) < 4.78 is 11.1. The molecule has 4 rings (SSSR count). The molecule has 0 radical (unpaired) electrons. The van der Waals surface area contributed by atoms with Gasteiger partial charge in [-0.05, 0) is 24.6 Å². The van der Waals surface area contributed by atoms with Gasteiger partial charge in [0.15, 0.2) is 5.58 Å². The average molecular weight is 326 g/mol. The molecule has 3 aromatic rings. The van der Waals surface area contributed by atoms with E-state index in [2.05, 4.69) is 19.9 Å². The van der Waals surface area contributed by atoms with Crippen molar-refractivity contribution in [3.05, 3.63) is 51.9 Å². The molecule has 7 heteroatoms. The summed E-state index contributed by atoms with van der Waals surface area (Å²) in [4.78, 5) is 25.8. The number of hydrogen-bond acceptors (Lipinski definition) is 6. The second-order valence-electron chi connectivity index (χ2n) is 5.91. The van der Waals surface area contributed by atoms with Gasteiger partial charge in [-0.1, -0.05) is 6.07 Å². The van der Waals surface area contributed by atoms with Crippen LogP contribution in [0.2, 0.25) is 0 Å². The number of benzene rings is 1. The average Bonchev–Trinajstić information content (AvgIpc) is 2.96. The summed E-state index contributed by atoms with van der Waals surface area (Å²) in [6.07, 6.45) is 0.348. The summed E-state index contributed by atoms with van der Waals surface area (Å²) in [5.41, 5.74) is 2.51. The highest BCUT2D eigenvalue weighted by Crippen LogP contribution is 2.18. The van der Waals surface area contributed by atoms with Crippen LogP contribution in [0.15, 0.2) is 33.5 Å². The van der Waals surface area contributed by atoms with Crippen molar-refractivity contribution in [2.75, 3.05) is 31.2 Å². The van der Waals surface area contributed by atoms with Crippen LogP contribution in [0.1, 0.15) is 17.3 Å². The first-order valence-corrected chi connectivity index (χ1v) is 7.96. The van der Waals surface area contributed by atoms with Crippen molar-refractivity contribution >= 4 is 16.9 Å². The maximum atomic E-state index is 12.0. The smallest absolute Gasteiger partial charge is 0.252 e. The fourth-order valence-corrected chi connectivity index (χ4v) is 2.84. The monoisotopic (exact) mass is 326 g/mol. The van der Waals surface area contributed by atoms with E-state index < -0.39 is 0 Å². The quantitative estimate of drug-likeness (QED) is 0.788. The number of aromatic nitrogens is 3. The van der Waals surface area contributed by atoms with Gasteiger partial charge in [-0.2, -0.15) is 0 Å². The standard InChI is InChI=1S/C17H18N4O3/c1-11-2-3-13-12(8-11)18-17(24-13)9-14-19-15(10-16(22)20-14)21-4-6-23-7-5-21/h2-3,8,10H,4-7,9H2,1H3,(H,19,20,22). The molecule has 0 saturated carbocycles. The van der Waals surface area contributed by atoms with Gasteiger partial charge >= 0.3 is 0 Å². The molecule has 0 bridgehead atoms. The van der Waals surface area contributed by atoms with Crippen LogP contribution in [0.25, 0.3) is 11.1 Å². The van der Waals surface area contributed by atoms with E-state index in [0.29, 0.717) is 37.2 Å². The molecule has 1 aromatic carbocycles. The van der Waals surface area contributed by atoms with Crippen LogP contribution in [0, 0.1) is 6.92 Å². The van der Waals surface area contributed by atoms with Crippen molar-refractivity contribution in [3.63, 3.8) is 0 Å². The van der Waals surface area contributed by atoms with Crippen LogP contribution in [-0.4, -0.2) is 41.3 Å². The summed E-state index contributed by atoms with van der Waals surface area (Å²) in [7, 11) is 0. The molecule has 1 aliphatic rings. The second kappa shape index (κ2) is 6.09. The molecular formula is C17H18N4O3. The number of rotatable bonds is 3. The normalized spacial score (nSPS) is 15.1. The summed E-state index contributed by atoms with van der Waals surface area (Å²) in [5, 5.41) is 0. The Balaban J connectivity index is 1.63. The van der Waals surface area contributed by atoms with Crippen LogP contribution >= 0.6 is 0 Å². The number of nitrogens with one attached hydrogen (secondary N) is 1. The molecule has 1 aliphatic heterocycles. The van der Waals surface area contributed by atoms with Crippen molar-refractivity contribution in [3.8, 4) is 0 Å². The van der Waals surface area contributed by atoms with E-state index in [0.717, 1.165) is 29.8 Å². The highest BCUT2D eigenvalue weighted by atomic mass is 16.5. The molecule has 1 N–H and O–H groups in total. The van der Waals surface area contributed by atoms with Crippen LogP contribution < -0.4 is 10.5 Å². The molecule has 2 aromatic heterocycles. The minimum absolute atomic E-state index is 0.173. The zero-order chi connectivity index (χ0) is 16.5. The van der Waals surface area contributed by atoms with E-state index >= 15 is 0 Å². The van der Waals surface area contributed by atoms with Crippen LogP contribution in [0.4, 0.5) is 5.82 Å². The number of ether oxygens (including phenoxy) is 1. The molecule has 0 spiro atoms. The lowest BCUT2D eigenvalue weighted by atomic mass is 10.2. The van der Waals surface area contributed by atoms with Gasteiger partial charge < -0.3 is 19.0 Å². The third-order valence-electron chi connectivity index (χ3n) is 4.02. The molecule has 0 atom stereocenters. The first-order valence-electron chi connectivity index (χ1n) is 7.96. The lowest BCUT2D eigenvalue weighted by Gasteiger charge is -2.27. The first-order chi connectivity index (χ1) is 11.7. The second-order valence-corrected chi connectivity index (χ2v) is 5.91. The Kier molecular flexibility index (Phi) is 3.78. The van der Waals surface area contributed by atoms with Gasteiger partial charge in [-0.15, -0.1) is 0 Å². The Hall–Kier alpha value is -2.67. The number of H-pyrrole nitrogens is 1. The largest absolute Gasteiger partial charge is 0.440 e. The van der Waals surface area contributed by atoms with Gasteiger partial charge in [0.05, 0.1) is 19.6 Å². The van der Waals surface area contributed by atoms with Gasteiger partial charge in [0.1, 0.15) is 17.2 Å². The fraction of sp³-hybridized carbons (Fsp3) is 0.353. The zero-order valence-electron chi connectivity index (χ0n) is 13.4. The fourth-order valence-electron chi connectivity index (χ4n) is 2.84. The molecule has 7 nitrogen and oxygen atoms in total. The van der Waals surface area contributed by atoms with Crippen molar-refractivity contribution < 1.29 is 9.15 Å². The van der Waals surface area contributed by atoms with Gasteiger partial charge in [0.2, 0.25) is 5.89 Å². The maximum Gasteiger partial charge on any atom is 0.252 e. The molecule has 24 heavy (non-hydrogen) atoms. The number of nitrogens with zero attached hydrogens (tertiary/aromatic N) is 3. The number of hydrogen-bond donors (Lipinski definition) is 1. The number of oxazole rings is 1. The van der Waals surface area contributed by atoms with Crippen LogP contribution in [-0.2, 0) is 11.2 Å². The molecule has 0 unspecified atom stereocenters. The highest BCUT2D eigenvalue weighted by molar-refractivity contribution is 5.73. The molecule has 1 fully saturated rings. The predicted octanol–water partition coefficient (Wildman–Crippen LogP) is 1.65. The Morgan fingerprint density at radius 2 is 2.04 bits per heavy atom. The highest BCUT2D eigenvalue weighted by Gasteiger charge is 2.15. The van der Waals surface area contributed by atoms with E-state index in [1.54, 1.807) is 0 Å². The summed E-state index contributed by atoms with van der Waals surface area (Å²) in [6.45, 7) is 4.78. The first kappa shape index (κ1) is 14.9. The number of fused-ring (bicyclic) bond motifs is 1. The Bertz CT molecular complexity index is 925. The van der Waals surface area contributed by atoms with Crippen molar-refractivity contribution in [1.82, 2.24) is 15.0 Å². The van der Waals surface area contributed by atoms with Crippen molar-refractivity contribution in [1.29, 1.82) is 0 Å². The SMILES string of the molecule is Cc1ccc2oc(Cc3nc(N4CCOCC4)cc(=O)[nH]3)nc2c1. The van der Waals surface area contributed by atoms with E-state index in [4.69, 9.17) is 9.15 Å².